The van der Waals surface area contributed by atoms with Crippen LogP contribution in [0, 0.1) is 0 Å². The van der Waals surface area contributed by atoms with E-state index < -0.39 is 0 Å². The summed E-state index contributed by atoms with van der Waals surface area (Å²) in [6, 6.07) is 5.71. The highest BCUT2D eigenvalue weighted by Crippen LogP contribution is 2.28. The Bertz CT molecular complexity index is 323. The van der Waals surface area contributed by atoms with E-state index in [1.54, 1.807) is 0 Å². The van der Waals surface area contributed by atoms with E-state index in [4.69, 9.17) is 22.1 Å². The Kier molecular flexibility index (Phi) is 2.94. The van der Waals surface area contributed by atoms with Crippen molar-refractivity contribution in [3.63, 3.8) is 0 Å². The van der Waals surface area contributed by atoms with Crippen LogP contribution in [0.15, 0.2) is 18.2 Å². The van der Waals surface area contributed by atoms with E-state index in [0.29, 0.717) is 17.7 Å². The number of benzene rings is 1. The van der Waals surface area contributed by atoms with Gasteiger partial charge in [-0.1, -0.05) is 17.7 Å². The van der Waals surface area contributed by atoms with Gasteiger partial charge in [0.2, 0.25) is 0 Å². The molecule has 0 saturated heterocycles. The second-order valence-electron chi connectivity index (χ2n) is 3.63. The monoisotopic (exact) mass is 211 g/mol. The fourth-order valence-electron chi connectivity index (χ4n) is 1.45. The summed E-state index contributed by atoms with van der Waals surface area (Å²) in [5.41, 5.74) is 6.48. The zero-order valence-electron chi connectivity index (χ0n) is 8.00. The van der Waals surface area contributed by atoms with E-state index in [1.165, 1.54) is 6.42 Å². The highest BCUT2D eigenvalue weighted by Gasteiger charge is 2.19. The minimum absolute atomic E-state index is 0.398. The Hall–Kier alpha value is -0.730. The molecule has 1 aliphatic carbocycles. The molecule has 76 valence electrons. The van der Waals surface area contributed by atoms with Crippen LogP contribution in [-0.4, -0.2) is 6.10 Å². The molecule has 0 aliphatic heterocycles. The average molecular weight is 212 g/mol. The van der Waals surface area contributed by atoms with Gasteiger partial charge in [-0.05, 0) is 37.0 Å². The molecule has 2 N–H and O–H groups in total. The zero-order valence-corrected chi connectivity index (χ0v) is 8.76. The minimum atomic E-state index is 0.398. The van der Waals surface area contributed by atoms with Gasteiger partial charge in [0.1, 0.15) is 5.75 Å². The van der Waals surface area contributed by atoms with E-state index in [1.807, 2.05) is 18.2 Å². The van der Waals surface area contributed by atoms with Gasteiger partial charge < -0.3 is 10.5 Å². The maximum absolute atomic E-state index is 6.01. The quantitative estimate of drug-likeness (QED) is 0.835. The van der Waals surface area contributed by atoms with E-state index in [-0.39, 0.29) is 0 Å². The number of hydrogen-bond donors (Lipinski definition) is 1. The third-order valence-electron chi connectivity index (χ3n) is 2.60. The topological polar surface area (TPSA) is 35.2 Å². The summed E-state index contributed by atoms with van der Waals surface area (Å²) < 4.78 is 5.71. The molecule has 0 amide bonds. The molecular weight excluding hydrogens is 198 g/mol. The second kappa shape index (κ2) is 4.20. The molecule has 1 aromatic carbocycles. The van der Waals surface area contributed by atoms with Gasteiger partial charge in [-0.3, -0.25) is 0 Å². The van der Waals surface area contributed by atoms with Crippen LogP contribution in [-0.2, 0) is 6.54 Å². The summed E-state index contributed by atoms with van der Waals surface area (Å²) in [5.74, 6) is 0.858. The lowest BCUT2D eigenvalue weighted by molar-refractivity contribution is 0.120. The standard InChI is InChI=1S/C11H14ClNO/c12-11-6-10(5-4-8(11)7-13)14-9-2-1-3-9/h4-6,9H,1-3,7,13H2. The summed E-state index contributed by atoms with van der Waals surface area (Å²) in [7, 11) is 0. The van der Waals surface area contributed by atoms with Gasteiger partial charge in [0.15, 0.2) is 0 Å². The van der Waals surface area contributed by atoms with Gasteiger partial charge in [0.05, 0.1) is 6.10 Å². The summed E-state index contributed by atoms with van der Waals surface area (Å²) in [5, 5.41) is 0.698. The number of nitrogens with two attached hydrogens (primary N) is 1. The van der Waals surface area contributed by atoms with Crippen LogP contribution in [0.3, 0.4) is 0 Å². The van der Waals surface area contributed by atoms with Crippen molar-refractivity contribution >= 4 is 11.6 Å². The first-order valence-corrected chi connectivity index (χ1v) is 5.32. The number of halogens is 1. The largest absolute Gasteiger partial charge is 0.490 e. The molecule has 0 aromatic heterocycles. The summed E-state index contributed by atoms with van der Waals surface area (Å²) in [6.45, 7) is 0.475. The van der Waals surface area contributed by atoms with Crippen LogP contribution >= 0.6 is 11.6 Å². The lowest BCUT2D eigenvalue weighted by Crippen LogP contribution is -2.24. The molecule has 1 fully saturated rings. The summed E-state index contributed by atoms with van der Waals surface area (Å²) in [4.78, 5) is 0. The lowest BCUT2D eigenvalue weighted by Gasteiger charge is -2.26. The number of ether oxygens (including phenoxy) is 1. The Balaban J connectivity index is 2.07. The fourth-order valence-corrected chi connectivity index (χ4v) is 1.70. The Morgan fingerprint density at radius 3 is 2.71 bits per heavy atom. The predicted octanol–water partition coefficient (Wildman–Crippen LogP) is 2.73. The van der Waals surface area contributed by atoms with Crippen LogP contribution in [0.25, 0.3) is 0 Å². The second-order valence-corrected chi connectivity index (χ2v) is 4.04. The molecule has 0 bridgehead atoms. The van der Waals surface area contributed by atoms with E-state index in [2.05, 4.69) is 0 Å². The van der Waals surface area contributed by atoms with Crippen molar-refractivity contribution in [2.24, 2.45) is 5.73 Å². The zero-order chi connectivity index (χ0) is 9.97. The lowest BCUT2D eigenvalue weighted by atomic mass is 9.96. The normalized spacial score (nSPS) is 16.4. The molecule has 1 aromatic rings. The van der Waals surface area contributed by atoms with Crippen molar-refractivity contribution < 1.29 is 4.74 Å². The van der Waals surface area contributed by atoms with Crippen LogP contribution in [0.4, 0.5) is 0 Å². The van der Waals surface area contributed by atoms with Crippen LogP contribution in [0.2, 0.25) is 5.02 Å². The highest BCUT2D eigenvalue weighted by molar-refractivity contribution is 6.31. The molecule has 1 saturated carbocycles. The molecule has 2 nitrogen and oxygen atoms in total. The van der Waals surface area contributed by atoms with Crippen LogP contribution in [0.1, 0.15) is 24.8 Å². The van der Waals surface area contributed by atoms with Crippen molar-refractivity contribution in [2.75, 3.05) is 0 Å². The number of hydrogen-bond acceptors (Lipinski definition) is 2. The maximum Gasteiger partial charge on any atom is 0.121 e. The average Bonchev–Trinajstić information content (AvgIpc) is 2.12. The SMILES string of the molecule is NCc1ccc(OC2CCC2)cc1Cl. The van der Waals surface area contributed by atoms with E-state index in [9.17, 15) is 0 Å². The van der Waals surface area contributed by atoms with Crippen molar-refractivity contribution in [3.8, 4) is 5.75 Å². The Morgan fingerprint density at radius 2 is 2.21 bits per heavy atom. The highest BCUT2D eigenvalue weighted by atomic mass is 35.5. The molecule has 0 unspecified atom stereocenters. The first kappa shape index (κ1) is 9.81. The molecule has 0 spiro atoms. The summed E-state index contributed by atoms with van der Waals surface area (Å²) in [6.07, 6.45) is 4.00. The third-order valence-corrected chi connectivity index (χ3v) is 2.95. The molecule has 0 atom stereocenters. The van der Waals surface area contributed by atoms with Crippen molar-refractivity contribution in [1.29, 1.82) is 0 Å². The van der Waals surface area contributed by atoms with Gasteiger partial charge >= 0.3 is 0 Å². The molecule has 0 heterocycles. The van der Waals surface area contributed by atoms with Gasteiger partial charge in [-0.2, -0.15) is 0 Å². The van der Waals surface area contributed by atoms with Crippen molar-refractivity contribution in [1.82, 2.24) is 0 Å². The fraction of sp³-hybridized carbons (Fsp3) is 0.455. The molecule has 14 heavy (non-hydrogen) atoms. The predicted molar refractivity (Wildman–Crippen MR) is 57.6 cm³/mol. The molecule has 1 aliphatic rings. The van der Waals surface area contributed by atoms with Gasteiger partial charge in [-0.15, -0.1) is 0 Å². The van der Waals surface area contributed by atoms with Crippen molar-refractivity contribution in [2.45, 2.75) is 31.9 Å². The van der Waals surface area contributed by atoms with E-state index in [0.717, 1.165) is 24.2 Å². The van der Waals surface area contributed by atoms with Gasteiger partial charge in [-0.25, -0.2) is 0 Å². The smallest absolute Gasteiger partial charge is 0.121 e. The Morgan fingerprint density at radius 1 is 1.43 bits per heavy atom. The third kappa shape index (κ3) is 2.02. The Labute approximate surface area is 89.0 Å². The maximum atomic E-state index is 6.01. The van der Waals surface area contributed by atoms with Crippen LogP contribution < -0.4 is 10.5 Å². The van der Waals surface area contributed by atoms with Crippen LogP contribution in [0.5, 0.6) is 5.75 Å². The first-order chi connectivity index (χ1) is 6.79. The minimum Gasteiger partial charge on any atom is -0.490 e. The molecule has 2 rings (SSSR count). The summed E-state index contributed by atoms with van der Waals surface area (Å²) >= 11 is 6.01. The van der Waals surface area contributed by atoms with E-state index >= 15 is 0 Å². The molecule has 0 radical (unpaired) electrons. The van der Waals surface area contributed by atoms with Crippen molar-refractivity contribution in [3.05, 3.63) is 28.8 Å². The molecule has 3 heteroatoms. The van der Waals surface area contributed by atoms with Gasteiger partial charge in [0, 0.05) is 11.6 Å². The van der Waals surface area contributed by atoms with Gasteiger partial charge in [0.25, 0.3) is 0 Å². The molecular formula is C11H14ClNO. The first-order valence-electron chi connectivity index (χ1n) is 4.95. The number of rotatable bonds is 3.